The number of carbonyl (C=O) groups excluding carboxylic acids is 1. The van der Waals surface area contributed by atoms with E-state index in [0.29, 0.717) is 18.0 Å². The van der Waals surface area contributed by atoms with E-state index in [4.69, 9.17) is 0 Å². The average molecular weight is 249 g/mol. The summed E-state index contributed by atoms with van der Waals surface area (Å²) in [5.41, 5.74) is 0.376. The van der Waals surface area contributed by atoms with Crippen LogP contribution in [-0.4, -0.2) is 22.7 Å². The van der Waals surface area contributed by atoms with Crippen molar-refractivity contribution in [1.82, 2.24) is 5.32 Å². The number of benzene rings is 1. The van der Waals surface area contributed by atoms with E-state index in [2.05, 4.69) is 5.32 Å². The van der Waals surface area contributed by atoms with E-state index < -0.39 is 0 Å². The van der Waals surface area contributed by atoms with Gasteiger partial charge in [0.1, 0.15) is 0 Å². The van der Waals surface area contributed by atoms with Crippen LogP contribution in [-0.2, 0) is 0 Å². The maximum Gasteiger partial charge on any atom is 0.251 e. The smallest absolute Gasteiger partial charge is 0.251 e. The van der Waals surface area contributed by atoms with Crippen molar-refractivity contribution in [2.45, 2.75) is 32.1 Å². The Morgan fingerprint density at radius 1 is 1.17 bits per heavy atom. The maximum atomic E-state index is 11.8. The lowest BCUT2D eigenvalue weighted by Crippen LogP contribution is -2.30. The average Bonchev–Trinajstić information content (AvgIpc) is 2.40. The minimum atomic E-state index is -0.264. The molecule has 98 valence electrons. The van der Waals surface area contributed by atoms with Crippen LogP contribution in [0.2, 0.25) is 0 Å². The van der Waals surface area contributed by atoms with E-state index in [1.165, 1.54) is 50.3 Å². The molecule has 0 unspecified atom stereocenters. The van der Waals surface area contributed by atoms with Crippen molar-refractivity contribution in [2.24, 2.45) is 5.92 Å². The van der Waals surface area contributed by atoms with Crippen LogP contribution < -0.4 is 5.32 Å². The highest BCUT2D eigenvalue weighted by atomic mass is 16.3. The second kappa shape index (κ2) is 5.76. The molecule has 0 aliphatic heterocycles. The van der Waals surface area contributed by atoms with Crippen molar-refractivity contribution in [1.29, 1.82) is 0 Å². The van der Waals surface area contributed by atoms with Gasteiger partial charge in [0.05, 0.1) is 0 Å². The van der Waals surface area contributed by atoms with Crippen LogP contribution in [0.1, 0.15) is 42.5 Å². The van der Waals surface area contributed by atoms with Gasteiger partial charge in [0, 0.05) is 12.1 Å². The highest BCUT2D eigenvalue weighted by Gasteiger charge is 2.15. The summed E-state index contributed by atoms with van der Waals surface area (Å²) in [5, 5.41) is 21.4. The Labute approximate surface area is 107 Å². The topological polar surface area (TPSA) is 69.6 Å². The minimum absolute atomic E-state index is 0.198. The normalized spacial score (nSPS) is 16.4. The van der Waals surface area contributed by atoms with Gasteiger partial charge in [-0.1, -0.05) is 19.3 Å². The van der Waals surface area contributed by atoms with E-state index in [9.17, 15) is 15.0 Å². The van der Waals surface area contributed by atoms with E-state index in [0.717, 1.165) is 0 Å². The molecule has 0 saturated heterocycles. The third-order valence-corrected chi connectivity index (χ3v) is 3.51. The van der Waals surface area contributed by atoms with Crippen LogP contribution in [0.15, 0.2) is 18.2 Å². The molecular formula is C14H19NO3. The quantitative estimate of drug-likeness (QED) is 0.720. The van der Waals surface area contributed by atoms with Gasteiger partial charge in [-0.05, 0) is 37.0 Å². The molecule has 1 aliphatic carbocycles. The van der Waals surface area contributed by atoms with Gasteiger partial charge < -0.3 is 15.5 Å². The fourth-order valence-electron chi connectivity index (χ4n) is 2.40. The summed E-state index contributed by atoms with van der Waals surface area (Å²) in [4.78, 5) is 11.8. The number of phenols is 2. The number of rotatable bonds is 3. The Morgan fingerprint density at radius 2 is 1.89 bits per heavy atom. The maximum absolute atomic E-state index is 11.8. The Bertz CT molecular complexity index is 425. The Kier molecular flexibility index (Phi) is 4.07. The molecule has 4 nitrogen and oxygen atoms in total. The molecule has 1 saturated carbocycles. The summed E-state index contributed by atoms with van der Waals surface area (Å²) in [6.07, 6.45) is 6.17. The first-order chi connectivity index (χ1) is 8.66. The van der Waals surface area contributed by atoms with Gasteiger partial charge in [0.15, 0.2) is 11.5 Å². The molecule has 4 heteroatoms. The zero-order valence-electron chi connectivity index (χ0n) is 10.4. The van der Waals surface area contributed by atoms with Crippen molar-refractivity contribution in [3.05, 3.63) is 23.8 Å². The van der Waals surface area contributed by atoms with Crippen LogP contribution in [0.3, 0.4) is 0 Å². The molecule has 0 aromatic heterocycles. The highest BCUT2D eigenvalue weighted by molar-refractivity contribution is 5.94. The van der Waals surface area contributed by atoms with Crippen LogP contribution in [0, 0.1) is 5.92 Å². The summed E-state index contributed by atoms with van der Waals surface area (Å²) in [7, 11) is 0. The van der Waals surface area contributed by atoms with Crippen LogP contribution >= 0.6 is 0 Å². The Hall–Kier alpha value is -1.71. The van der Waals surface area contributed by atoms with Crippen molar-refractivity contribution < 1.29 is 15.0 Å². The molecule has 0 bridgehead atoms. The number of aromatic hydroxyl groups is 2. The molecule has 0 atom stereocenters. The summed E-state index contributed by atoms with van der Waals surface area (Å²) < 4.78 is 0. The largest absolute Gasteiger partial charge is 0.504 e. The number of phenolic OH excluding ortho intramolecular Hbond substituents is 2. The van der Waals surface area contributed by atoms with Gasteiger partial charge in [-0.2, -0.15) is 0 Å². The van der Waals surface area contributed by atoms with Crippen LogP contribution in [0.5, 0.6) is 11.5 Å². The van der Waals surface area contributed by atoms with Gasteiger partial charge in [0.25, 0.3) is 5.91 Å². The summed E-state index contributed by atoms with van der Waals surface area (Å²) >= 11 is 0. The summed E-state index contributed by atoms with van der Waals surface area (Å²) in [6, 6.07) is 4.11. The number of hydrogen-bond acceptors (Lipinski definition) is 3. The number of amides is 1. The van der Waals surface area contributed by atoms with Gasteiger partial charge in [-0.25, -0.2) is 0 Å². The van der Waals surface area contributed by atoms with Crippen molar-refractivity contribution >= 4 is 5.91 Å². The first-order valence-electron chi connectivity index (χ1n) is 6.47. The van der Waals surface area contributed by atoms with Gasteiger partial charge in [0.2, 0.25) is 0 Å². The number of carbonyl (C=O) groups is 1. The lowest BCUT2D eigenvalue weighted by atomic mass is 9.89. The molecule has 1 aromatic rings. The van der Waals surface area contributed by atoms with Crippen molar-refractivity contribution in [3.63, 3.8) is 0 Å². The Balaban J connectivity index is 1.88. The highest BCUT2D eigenvalue weighted by Crippen LogP contribution is 2.25. The second-order valence-electron chi connectivity index (χ2n) is 4.92. The van der Waals surface area contributed by atoms with Crippen LogP contribution in [0.4, 0.5) is 0 Å². The molecular weight excluding hydrogens is 230 g/mol. The van der Waals surface area contributed by atoms with E-state index in [1.54, 1.807) is 0 Å². The third kappa shape index (κ3) is 3.15. The Morgan fingerprint density at radius 3 is 2.56 bits per heavy atom. The molecule has 1 fully saturated rings. The fraction of sp³-hybridized carbons (Fsp3) is 0.500. The molecule has 3 N–H and O–H groups in total. The molecule has 1 aliphatic rings. The molecule has 0 radical (unpaired) electrons. The standard InChI is InChI=1S/C14H19NO3/c16-12-7-6-11(8-13(12)17)14(18)15-9-10-4-2-1-3-5-10/h6-8,10,16-17H,1-5,9H2,(H,15,18). The monoisotopic (exact) mass is 249 g/mol. The first-order valence-corrected chi connectivity index (χ1v) is 6.47. The van der Waals surface area contributed by atoms with E-state index in [-0.39, 0.29) is 17.4 Å². The predicted octanol–water partition coefficient (Wildman–Crippen LogP) is 2.41. The van der Waals surface area contributed by atoms with E-state index in [1.807, 2.05) is 0 Å². The SMILES string of the molecule is O=C(NCC1CCCCC1)c1ccc(O)c(O)c1. The second-order valence-corrected chi connectivity index (χ2v) is 4.92. The van der Waals surface area contributed by atoms with Crippen molar-refractivity contribution in [3.8, 4) is 11.5 Å². The lowest BCUT2D eigenvalue weighted by molar-refractivity contribution is 0.0943. The first kappa shape index (κ1) is 12.7. The van der Waals surface area contributed by atoms with Gasteiger partial charge in [-0.15, -0.1) is 0 Å². The fourth-order valence-corrected chi connectivity index (χ4v) is 2.40. The van der Waals surface area contributed by atoms with Crippen molar-refractivity contribution in [2.75, 3.05) is 6.54 Å². The molecule has 2 rings (SSSR count). The zero-order chi connectivity index (χ0) is 13.0. The molecule has 1 amide bonds. The molecule has 1 aromatic carbocycles. The van der Waals surface area contributed by atoms with Gasteiger partial charge in [-0.3, -0.25) is 4.79 Å². The predicted molar refractivity (Wildman–Crippen MR) is 68.7 cm³/mol. The summed E-state index contributed by atoms with van der Waals surface area (Å²) in [5.74, 6) is -0.0940. The lowest BCUT2D eigenvalue weighted by Gasteiger charge is -2.21. The molecule has 0 heterocycles. The molecule has 0 spiro atoms. The van der Waals surface area contributed by atoms with Crippen LogP contribution in [0.25, 0.3) is 0 Å². The number of nitrogens with one attached hydrogen (secondary N) is 1. The summed E-state index contributed by atoms with van der Waals surface area (Å²) in [6.45, 7) is 0.695. The third-order valence-electron chi connectivity index (χ3n) is 3.51. The number of hydrogen-bond donors (Lipinski definition) is 3. The minimum Gasteiger partial charge on any atom is -0.504 e. The van der Waals surface area contributed by atoms with E-state index >= 15 is 0 Å². The molecule has 18 heavy (non-hydrogen) atoms. The zero-order valence-corrected chi connectivity index (χ0v) is 10.4. The van der Waals surface area contributed by atoms with Gasteiger partial charge >= 0.3 is 0 Å².